The van der Waals surface area contributed by atoms with E-state index in [1.54, 1.807) is 17.4 Å². The molecule has 1 N–H and O–H groups in total. The van der Waals surface area contributed by atoms with Crippen LogP contribution in [0.5, 0.6) is 0 Å². The normalized spacial score (nSPS) is 10.0. The van der Waals surface area contributed by atoms with Gasteiger partial charge in [0, 0.05) is 12.6 Å². The molecule has 0 aliphatic heterocycles. The third-order valence-electron chi connectivity index (χ3n) is 2.72. The molecule has 0 saturated carbocycles. The van der Waals surface area contributed by atoms with Gasteiger partial charge in [-0.25, -0.2) is 0 Å². The first-order valence-electron chi connectivity index (χ1n) is 6.20. The first kappa shape index (κ1) is 13.6. The number of benzene rings is 1. The average molecular weight is 271 g/mol. The Morgan fingerprint density at radius 2 is 2.05 bits per heavy atom. The maximum Gasteiger partial charge on any atom is 0.244 e. The molecular weight excluding hydrogens is 254 g/mol. The fourth-order valence-electron chi connectivity index (χ4n) is 1.87. The van der Waals surface area contributed by atoms with Gasteiger partial charge in [0.05, 0.1) is 0 Å². The maximum atomic E-state index is 11.6. The monoisotopic (exact) mass is 271 g/mol. The van der Waals surface area contributed by atoms with Gasteiger partial charge in [0.15, 0.2) is 0 Å². The summed E-state index contributed by atoms with van der Waals surface area (Å²) in [6, 6.07) is 10.3. The molecule has 0 unspecified atom stereocenters. The molecule has 0 aliphatic carbocycles. The second-order valence-electron chi connectivity index (χ2n) is 4.61. The van der Waals surface area contributed by atoms with E-state index in [-0.39, 0.29) is 5.91 Å². The number of carbonyl (C=O) groups excluding carboxylic acids is 1. The zero-order chi connectivity index (χ0) is 13.7. The number of thiophene rings is 1. The third kappa shape index (κ3) is 3.80. The van der Waals surface area contributed by atoms with Gasteiger partial charge in [0.1, 0.15) is 0 Å². The van der Waals surface area contributed by atoms with E-state index in [2.05, 4.69) is 34.3 Å². The molecule has 0 spiro atoms. The number of allylic oxidation sites excluding steroid dienone is 1. The average Bonchev–Trinajstić information content (AvgIpc) is 2.89. The van der Waals surface area contributed by atoms with Crippen LogP contribution in [0, 0.1) is 0 Å². The first-order valence-corrected chi connectivity index (χ1v) is 7.14. The minimum atomic E-state index is -0.0416. The van der Waals surface area contributed by atoms with Crippen LogP contribution in [-0.2, 0) is 11.3 Å². The zero-order valence-corrected chi connectivity index (χ0v) is 12.0. The van der Waals surface area contributed by atoms with Crippen LogP contribution >= 0.6 is 11.3 Å². The van der Waals surface area contributed by atoms with Crippen LogP contribution in [-0.4, -0.2) is 5.91 Å². The van der Waals surface area contributed by atoms with Crippen LogP contribution < -0.4 is 5.32 Å². The number of hydrogen-bond donors (Lipinski definition) is 1. The molecular formula is C16H17NOS. The summed E-state index contributed by atoms with van der Waals surface area (Å²) in [6.07, 6.45) is 1.62. The van der Waals surface area contributed by atoms with Crippen molar-refractivity contribution in [3.05, 3.63) is 58.3 Å². The van der Waals surface area contributed by atoms with E-state index in [9.17, 15) is 4.79 Å². The van der Waals surface area contributed by atoms with E-state index in [4.69, 9.17) is 0 Å². The zero-order valence-electron chi connectivity index (χ0n) is 11.1. The molecule has 19 heavy (non-hydrogen) atoms. The van der Waals surface area contributed by atoms with Crippen LogP contribution in [0.25, 0.3) is 11.1 Å². The lowest BCUT2D eigenvalue weighted by molar-refractivity contribution is -0.116. The lowest BCUT2D eigenvalue weighted by Crippen LogP contribution is -2.20. The number of rotatable bonds is 4. The van der Waals surface area contributed by atoms with Gasteiger partial charge in [-0.2, -0.15) is 11.3 Å². The Bertz CT molecular complexity index is 581. The maximum absolute atomic E-state index is 11.6. The summed E-state index contributed by atoms with van der Waals surface area (Å²) in [6.45, 7) is 4.38. The van der Waals surface area contributed by atoms with Gasteiger partial charge in [-0.15, -0.1) is 0 Å². The molecule has 0 atom stereocenters. The standard InChI is InChI=1S/C16H17NOS/c1-12(2)9-16(18)17-10-13-5-3-4-6-15(13)14-7-8-19-11-14/h3-9,11H,10H2,1-2H3,(H,17,18). The summed E-state index contributed by atoms with van der Waals surface area (Å²) in [5.41, 5.74) is 4.53. The highest BCUT2D eigenvalue weighted by atomic mass is 32.1. The first-order chi connectivity index (χ1) is 9.16. The molecule has 1 amide bonds. The quantitative estimate of drug-likeness (QED) is 0.837. The molecule has 2 rings (SSSR count). The number of hydrogen-bond acceptors (Lipinski definition) is 2. The Labute approximate surface area is 117 Å². The van der Waals surface area contributed by atoms with Gasteiger partial charge in [-0.05, 0) is 47.4 Å². The Hall–Kier alpha value is -1.87. The van der Waals surface area contributed by atoms with Crippen LogP contribution in [0.15, 0.2) is 52.7 Å². The molecule has 0 radical (unpaired) electrons. The highest BCUT2D eigenvalue weighted by molar-refractivity contribution is 7.08. The molecule has 0 fully saturated rings. The van der Waals surface area contributed by atoms with Crippen molar-refractivity contribution in [2.45, 2.75) is 20.4 Å². The van der Waals surface area contributed by atoms with Crippen molar-refractivity contribution in [2.75, 3.05) is 0 Å². The molecule has 2 aromatic rings. The van der Waals surface area contributed by atoms with Crippen LogP contribution in [0.1, 0.15) is 19.4 Å². The Morgan fingerprint density at radius 3 is 2.74 bits per heavy atom. The smallest absolute Gasteiger partial charge is 0.244 e. The predicted octanol–water partition coefficient (Wildman–Crippen LogP) is 4.00. The van der Waals surface area contributed by atoms with E-state index < -0.39 is 0 Å². The Morgan fingerprint density at radius 1 is 1.26 bits per heavy atom. The van der Waals surface area contributed by atoms with Crippen molar-refractivity contribution >= 4 is 17.2 Å². The summed E-state index contributed by atoms with van der Waals surface area (Å²) in [4.78, 5) is 11.6. The fraction of sp³-hybridized carbons (Fsp3) is 0.188. The van der Waals surface area contributed by atoms with Gasteiger partial charge >= 0.3 is 0 Å². The largest absolute Gasteiger partial charge is 0.348 e. The summed E-state index contributed by atoms with van der Waals surface area (Å²) >= 11 is 1.68. The second kappa shape index (κ2) is 6.34. The van der Waals surface area contributed by atoms with Gasteiger partial charge in [-0.1, -0.05) is 29.8 Å². The molecule has 0 saturated heterocycles. The molecule has 98 valence electrons. The van der Waals surface area contributed by atoms with Crippen molar-refractivity contribution < 1.29 is 4.79 Å². The highest BCUT2D eigenvalue weighted by Crippen LogP contribution is 2.25. The molecule has 2 nitrogen and oxygen atoms in total. The van der Waals surface area contributed by atoms with Crippen molar-refractivity contribution in [3.8, 4) is 11.1 Å². The number of nitrogens with one attached hydrogen (secondary N) is 1. The lowest BCUT2D eigenvalue weighted by Gasteiger charge is -2.08. The third-order valence-corrected chi connectivity index (χ3v) is 3.41. The van der Waals surface area contributed by atoms with Crippen molar-refractivity contribution in [2.24, 2.45) is 0 Å². The van der Waals surface area contributed by atoms with Crippen molar-refractivity contribution in [1.29, 1.82) is 0 Å². The van der Waals surface area contributed by atoms with Crippen LogP contribution in [0.3, 0.4) is 0 Å². The van der Waals surface area contributed by atoms with E-state index >= 15 is 0 Å². The lowest BCUT2D eigenvalue weighted by atomic mass is 10.0. The minimum Gasteiger partial charge on any atom is -0.348 e. The molecule has 0 aliphatic rings. The van der Waals surface area contributed by atoms with Gasteiger partial charge in [0.25, 0.3) is 0 Å². The van der Waals surface area contributed by atoms with Crippen molar-refractivity contribution in [1.82, 2.24) is 5.32 Å². The molecule has 1 heterocycles. The van der Waals surface area contributed by atoms with E-state index in [1.807, 2.05) is 26.0 Å². The summed E-state index contributed by atoms with van der Waals surface area (Å²) in [5, 5.41) is 7.11. The van der Waals surface area contributed by atoms with Crippen LogP contribution in [0.2, 0.25) is 0 Å². The molecule has 3 heteroatoms. The summed E-state index contributed by atoms with van der Waals surface area (Å²) < 4.78 is 0. The predicted molar refractivity (Wildman–Crippen MR) is 81.0 cm³/mol. The van der Waals surface area contributed by atoms with Gasteiger partial charge < -0.3 is 5.32 Å². The Balaban J connectivity index is 2.13. The topological polar surface area (TPSA) is 29.1 Å². The van der Waals surface area contributed by atoms with Gasteiger partial charge in [0.2, 0.25) is 5.91 Å². The van der Waals surface area contributed by atoms with E-state index in [1.165, 1.54) is 11.1 Å². The highest BCUT2D eigenvalue weighted by Gasteiger charge is 2.05. The number of carbonyl (C=O) groups is 1. The van der Waals surface area contributed by atoms with E-state index in [0.29, 0.717) is 6.54 Å². The summed E-state index contributed by atoms with van der Waals surface area (Å²) in [5.74, 6) is -0.0416. The minimum absolute atomic E-state index is 0.0416. The van der Waals surface area contributed by atoms with Crippen molar-refractivity contribution in [3.63, 3.8) is 0 Å². The molecule has 1 aromatic carbocycles. The van der Waals surface area contributed by atoms with E-state index in [0.717, 1.165) is 11.1 Å². The molecule has 1 aromatic heterocycles. The Kier molecular flexibility index (Phi) is 4.53. The molecule has 0 bridgehead atoms. The van der Waals surface area contributed by atoms with Crippen LogP contribution in [0.4, 0.5) is 0 Å². The van der Waals surface area contributed by atoms with Gasteiger partial charge in [-0.3, -0.25) is 4.79 Å². The SMILES string of the molecule is CC(C)=CC(=O)NCc1ccccc1-c1ccsc1. The second-order valence-corrected chi connectivity index (χ2v) is 5.39. The number of amides is 1. The summed E-state index contributed by atoms with van der Waals surface area (Å²) in [7, 11) is 0. The fourth-order valence-corrected chi connectivity index (χ4v) is 2.53.